The van der Waals surface area contributed by atoms with Gasteiger partial charge in [0.2, 0.25) is 0 Å². The van der Waals surface area contributed by atoms with Gasteiger partial charge in [0.1, 0.15) is 24.4 Å². The number of ether oxygens (including phenoxy) is 5. The summed E-state index contributed by atoms with van der Waals surface area (Å²) in [5.41, 5.74) is 3.01. The van der Waals surface area contributed by atoms with Crippen molar-refractivity contribution in [1.29, 1.82) is 0 Å². The molecular formula is C33H42O5. The molecule has 5 nitrogen and oxygen atoms in total. The summed E-state index contributed by atoms with van der Waals surface area (Å²) in [6.45, 7) is 10.3. The Labute approximate surface area is 228 Å². The Morgan fingerprint density at radius 3 is 1.63 bits per heavy atom. The van der Waals surface area contributed by atoms with Crippen LogP contribution >= 0.6 is 0 Å². The van der Waals surface area contributed by atoms with E-state index < -0.39 is 0 Å². The van der Waals surface area contributed by atoms with Gasteiger partial charge in [0.25, 0.3) is 0 Å². The van der Waals surface area contributed by atoms with Crippen LogP contribution in [0, 0.1) is 0 Å². The van der Waals surface area contributed by atoms with E-state index in [2.05, 4.69) is 64.1 Å². The quantitative estimate of drug-likeness (QED) is 0.251. The van der Waals surface area contributed by atoms with E-state index in [9.17, 15) is 0 Å². The van der Waals surface area contributed by atoms with E-state index in [1.165, 1.54) is 0 Å². The lowest BCUT2D eigenvalue weighted by molar-refractivity contribution is -0.283. The molecule has 5 unspecified atom stereocenters. The molecule has 38 heavy (non-hydrogen) atoms. The van der Waals surface area contributed by atoms with Crippen molar-refractivity contribution in [3.8, 4) is 0 Å². The SMILES string of the molecule is CCC(C)(C)OC1C(C)OC(COCc2ccccc2)C(OCc2ccccc2)C1OCc1ccccc1. The summed E-state index contributed by atoms with van der Waals surface area (Å²) in [6.07, 6.45) is -0.616. The molecule has 1 aliphatic rings. The molecule has 5 atom stereocenters. The lowest BCUT2D eigenvalue weighted by Crippen LogP contribution is -2.61. The fourth-order valence-electron chi connectivity index (χ4n) is 4.64. The van der Waals surface area contributed by atoms with E-state index in [1.807, 2.05) is 54.6 Å². The van der Waals surface area contributed by atoms with Gasteiger partial charge in [-0.1, -0.05) is 97.9 Å². The van der Waals surface area contributed by atoms with E-state index in [4.69, 9.17) is 23.7 Å². The normalized spacial score (nSPS) is 23.8. The highest BCUT2D eigenvalue weighted by Crippen LogP contribution is 2.33. The molecule has 0 bridgehead atoms. The van der Waals surface area contributed by atoms with E-state index in [-0.39, 0.29) is 36.1 Å². The van der Waals surface area contributed by atoms with Gasteiger partial charge in [-0.15, -0.1) is 0 Å². The summed E-state index contributed by atoms with van der Waals surface area (Å²) in [6, 6.07) is 30.6. The van der Waals surface area contributed by atoms with Crippen LogP contribution in [0.1, 0.15) is 50.8 Å². The molecule has 1 fully saturated rings. The summed E-state index contributed by atoms with van der Waals surface area (Å²) < 4.78 is 32.6. The first-order valence-corrected chi connectivity index (χ1v) is 13.7. The van der Waals surface area contributed by atoms with Crippen LogP contribution < -0.4 is 0 Å². The van der Waals surface area contributed by atoms with Gasteiger partial charge < -0.3 is 23.7 Å². The Balaban J connectivity index is 1.56. The molecule has 0 aliphatic carbocycles. The Morgan fingerprint density at radius 1 is 0.658 bits per heavy atom. The molecule has 0 saturated carbocycles. The van der Waals surface area contributed by atoms with Crippen LogP contribution in [0.15, 0.2) is 91.0 Å². The van der Waals surface area contributed by atoms with Gasteiger partial charge >= 0.3 is 0 Å². The molecule has 0 N–H and O–H groups in total. The highest BCUT2D eigenvalue weighted by molar-refractivity contribution is 5.15. The Hall–Kier alpha value is -2.54. The molecule has 0 radical (unpaired) electrons. The Kier molecular flexibility index (Phi) is 10.5. The predicted octanol–water partition coefficient (Wildman–Crippen LogP) is 6.74. The topological polar surface area (TPSA) is 46.2 Å². The lowest BCUT2D eigenvalue weighted by atomic mass is 9.93. The van der Waals surface area contributed by atoms with Crippen LogP contribution in [0.3, 0.4) is 0 Å². The van der Waals surface area contributed by atoms with Crippen molar-refractivity contribution in [2.75, 3.05) is 6.61 Å². The predicted molar refractivity (Wildman–Crippen MR) is 150 cm³/mol. The van der Waals surface area contributed by atoms with E-state index in [1.54, 1.807) is 0 Å². The van der Waals surface area contributed by atoms with E-state index in [0.29, 0.717) is 26.4 Å². The molecule has 1 saturated heterocycles. The summed E-state index contributed by atoms with van der Waals surface area (Å²) in [5, 5.41) is 0. The zero-order valence-corrected chi connectivity index (χ0v) is 23.1. The van der Waals surface area contributed by atoms with Crippen LogP contribution in [0.25, 0.3) is 0 Å². The second-order valence-corrected chi connectivity index (χ2v) is 10.6. The Bertz CT molecular complexity index is 1060. The Morgan fingerprint density at radius 2 is 1.13 bits per heavy atom. The average molecular weight is 519 g/mol. The lowest BCUT2D eigenvalue weighted by Gasteiger charge is -2.47. The molecule has 1 heterocycles. The molecule has 204 valence electrons. The molecule has 0 aromatic heterocycles. The smallest absolute Gasteiger partial charge is 0.115 e. The maximum absolute atomic E-state index is 6.67. The summed E-state index contributed by atoms with van der Waals surface area (Å²) >= 11 is 0. The van der Waals surface area contributed by atoms with Gasteiger partial charge in [-0.05, 0) is 43.9 Å². The molecule has 0 amide bonds. The molecule has 0 spiro atoms. The standard InChI is InChI=1S/C33H42O5/c1-5-33(3,4)38-30-25(2)37-29(24-34-21-26-15-9-6-10-16-26)31(35-22-27-17-11-7-12-18-27)32(30)36-23-28-19-13-8-14-20-28/h6-20,25,29-32H,5,21-24H2,1-4H3. The van der Waals surface area contributed by atoms with E-state index in [0.717, 1.165) is 23.1 Å². The third kappa shape index (κ3) is 8.23. The van der Waals surface area contributed by atoms with Crippen molar-refractivity contribution in [2.45, 2.75) is 90.1 Å². The van der Waals surface area contributed by atoms with Crippen molar-refractivity contribution >= 4 is 0 Å². The molecule has 5 heteroatoms. The van der Waals surface area contributed by atoms with Gasteiger partial charge in [-0.25, -0.2) is 0 Å². The third-order valence-corrected chi connectivity index (χ3v) is 7.14. The first-order chi connectivity index (χ1) is 18.4. The fraction of sp³-hybridized carbons (Fsp3) is 0.455. The maximum Gasteiger partial charge on any atom is 0.115 e. The minimum Gasteiger partial charge on any atom is -0.374 e. The molecular weight excluding hydrogens is 476 g/mol. The average Bonchev–Trinajstić information content (AvgIpc) is 2.94. The van der Waals surface area contributed by atoms with Gasteiger partial charge in [0.05, 0.1) is 38.1 Å². The van der Waals surface area contributed by atoms with E-state index >= 15 is 0 Å². The number of hydrogen-bond donors (Lipinski definition) is 0. The number of benzene rings is 3. The first kappa shape index (κ1) is 28.5. The highest BCUT2D eigenvalue weighted by atomic mass is 16.6. The largest absolute Gasteiger partial charge is 0.374 e. The summed E-state index contributed by atoms with van der Waals surface area (Å²) in [4.78, 5) is 0. The molecule has 3 aromatic carbocycles. The fourth-order valence-corrected chi connectivity index (χ4v) is 4.64. The van der Waals surface area contributed by atoms with Gasteiger partial charge in [0, 0.05) is 0 Å². The van der Waals surface area contributed by atoms with Crippen molar-refractivity contribution in [2.24, 2.45) is 0 Å². The third-order valence-electron chi connectivity index (χ3n) is 7.14. The van der Waals surface area contributed by atoms with Crippen LogP contribution in [0.4, 0.5) is 0 Å². The molecule has 3 aromatic rings. The molecule has 4 rings (SSSR count). The number of rotatable bonds is 13. The van der Waals surface area contributed by atoms with Crippen molar-refractivity contribution < 1.29 is 23.7 Å². The second kappa shape index (κ2) is 14.0. The van der Waals surface area contributed by atoms with Crippen LogP contribution in [0.2, 0.25) is 0 Å². The molecule has 1 aliphatic heterocycles. The minimum absolute atomic E-state index is 0.191. The van der Waals surface area contributed by atoms with Crippen LogP contribution in [-0.2, 0) is 43.5 Å². The monoisotopic (exact) mass is 518 g/mol. The summed E-state index contributed by atoms with van der Waals surface area (Å²) in [7, 11) is 0. The van der Waals surface area contributed by atoms with Gasteiger partial charge in [-0.2, -0.15) is 0 Å². The zero-order chi connectivity index (χ0) is 26.8. The summed E-state index contributed by atoms with van der Waals surface area (Å²) in [5.74, 6) is 0. The minimum atomic E-state index is -0.372. The van der Waals surface area contributed by atoms with Crippen molar-refractivity contribution in [3.63, 3.8) is 0 Å². The van der Waals surface area contributed by atoms with Crippen molar-refractivity contribution in [1.82, 2.24) is 0 Å². The maximum atomic E-state index is 6.67. The van der Waals surface area contributed by atoms with Crippen LogP contribution in [0.5, 0.6) is 0 Å². The first-order valence-electron chi connectivity index (χ1n) is 13.7. The van der Waals surface area contributed by atoms with Gasteiger partial charge in [-0.3, -0.25) is 0 Å². The van der Waals surface area contributed by atoms with Crippen LogP contribution in [-0.4, -0.2) is 42.7 Å². The highest BCUT2D eigenvalue weighted by Gasteiger charge is 2.48. The van der Waals surface area contributed by atoms with Gasteiger partial charge in [0.15, 0.2) is 0 Å². The second-order valence-electron chi connectivity index (χ2n) is 10.6. The zero-order valence-electron chi connectivity index (χ0n) is 23.1. The van der Waals surface area contributed by atoms with Crippen molar-refractivity contribution in [3.05, 3.63) is 108 Å². The number of hydrogen-bond acceptors (Lipinski definition) is 5.